The molecule has 43 heavy (non-hydrogen) atoms. The number of carbonyl (C=O) groups is 3. The molecule has 4 aromatic carbocycles. The number of amides is 4. The molecule has 1 fully saturated rings. The van der Waals surface area contributed by atoms with Crippen LogP contribution in [0.4, 0.5) is 10.5 Å². The van der Waals surface area contributed by atoms with Gasteiger partial charge in [0.1, 0.15) is 24.5 Å². The van der Waals surface area contributed by atoms with Gasteiger partial charge in [0.25, 0.3) is 11.8 Å². The molecule has 1 N–H and O–H groups in total. The third-order valence-corrected chi connectivity index (χ3v) is 7.46. The summed E-state index contributed by atoms with van der Waals surface area (Å²) in [5.41, 5.74) is 1.90. The van der Waals surface area contributed by atoms with Gasteiger partial charge in [0.05, 0.1) is 17.8 Å². The van der Waals surface area contributed by atoms with Gasteiger partial charge in [0, 0.05) is 21.2 Å². The molecule has 0 unspecified atom stereocenters. The van der Waals surface area contributed by atoms with Crippen LogP contribution in [0, 0.1) is 0 Å². The fourth-order valence-corrected chi connectivity index (χ4v) is 4.91. The van der Waals surface area contributed by atoms with Gasteiger partial charge in [-0.2, -0.15) is 0 Å². The molecule has 1 aliphatic heterocycles. The van der Waals surface area contributed by atoms with Crippen molar-refractivity contribution in [1.82, 2.24) is 5.32 Å². The highest BCUT2D eigenvalue weighted by Gasteiger charge is 2.37. The van der Waals surface area contributed by atoms with Crippen LogP contribution in [0.3, 0.4) is 0 Å². The molecule has 4 amide bonds. The lowest BCUT2D eigenvalue weighted by atomic mass is 10.1. The van der Waals surface area contributed by atoms with Crippen LogP contribution >= 0.6 is 34.8 Å². The Morgan fingerprint density at radius 2 is 1.37 bits per heavy atom. The van der Waals surface area contributed by atoms with E-state index >= 15 is 0 Å². The molecule has 1 aliphatic rings. The topological polar surface area (TPSA) is 94.2 Å². The first kappa shape index (κ1) is 30.0. The second kappa shape index (κ2) is 13.2. The predicted octanol–water partition coefficient (Wildman–Crippen LogP) is 7.48. The number of nitrogens with zero attached hydrogens (tertiary/aromatic N) is 1. The van der Waals surface area contributed by atoms with Crippen LogP contribution in [-0.2, 0) is 22.8 Å². The van der Waals surface area contributed by atoms with Crippen molar-refractivity contribution in [2.24, 2.45) is 0 Å². The molecule has 0 spiro atoms. The largest absolute Gasteiger partial charge is 0.493 e. The standard InChI is InChI=1S/C32H23Cl3N2O6/c1-41-28-16-19(15-27(35)29(28)43-18-21-7-3-5-9-26(21)34)14-24-30(38)36-32(40)37(31(24)39)22-10-12-23(13-11-22)42-17-20-6-2-4-8-25(20)33/h2-16H,17-18H2,1H3,(H,36,38,40)/b24-14+. The van der Waals surface area contributed by atoms with Gasteiger partial charge >= 0.3 is 6.03 Å². The molecule has 0 bridgehead atoms. The molecule has 1 heterocycles. The van der Waals surface area contributed by atoms with Crippen LogP contribution in [-0.4, -0.2) is 25.0 Å². The van der Waals surface area contributed by atoms with Gasteiger partial charge in [0.15, 0.2) is 11.5 Å². The Morgan fingerprint density at radius 1 is 0.767 bits per heavy atom. The molecular weight excluding hydrogens is 615 g/mol. The van der Waals surface area contributed by atoms with Gasteiger partial charge in [-0.15, -0.1) is 0 Å². The minimum atomic E-state index is -0.879. The van der Waals surface area contributed by atoms with E-state index in [1.165, 1.54) is 31.4 Å². The second-order valence-electron chi connectivity index (χ2n) is 9.25. The number of barbiturate groups is 1. The fourth-order valence-electron chi connectivity index (χ4n) is 4.26. The molecule has 0 atom stereocenters. The average molecular weight is 638 g/mol. The summed E-state index contributed by atoms with van der Waals surface area (Å²) >= 11 is 18.9. The first-order valence-electron chi connectivity index (χ1n) is 12.9. The number of ether oxygens (including phenoxy) is 3. The van der Waals surface area contributed by atoms with Crippen LogP contribution < -0.4 is 24.4 Å². The van der Waals surface area contributed by atoms with Crippen LogP contribution in [0.15, 0.2) is 90.5 Å². The summed E-state index contributed by atoms with van der Waals surface area (Å²) in [5.74, 6) is -0.624. The number of imide groups is 2. The molecule has 8 nitrogen and oxygen atoms in total. The van der Waals surface area contributed by atoms with Crippen LogP contribution in [0.1, 0.15) is 16.7 Å². The lowest BCUT2D eigenvalue weighted by Crippen LogP contribution is -2.54. The number of urea groups is 1. The van der Waals surface area contributed by atoms with Crippen molar-refractivity contribution in [3.05, 3.63) is 122 Å². The Morgan fingerprint density at radius 3 is 1.98 bits per heavy atom. The molecular formula is C32H23Cl3N2O6. The van der Waals surface area contributed by atoms with Crippen LogP contribution in [0.25, 0.3) is 6.08 Å². The second-order valence-corrected chi connectivity index (χ2v) is 10.5. The van der Waals surface area contributed by atoms with Crippen molar-refractivity contribution >= 4 is 64.4 Å². The molecule has 11 heteroatoms. The summed E-state index contributed by atoms with van der Waals surface area (Å²) in [4.78, 5) is 39.7. The molecule has 0 aliphatic carbocycles. The number of benzene rings is 4. The van der Waals surface area contributed by atoms with E-state index in [2.05, 4.69) is 5.32 Å². The lowest BCUT2D eigenvalue weighted by Gasteiger charge is -2.26. The average Bonchev–Trinajstić information content (AvgIpc) is 2.99. The third-order valence-electron chi connectivity index (χ3n) is 6.44. The van der Waals surface area contributed by atoms with Crippen LogP contribution in [0.5, 0.6) is 17.2 Å². The Labute approximate surface area is 262 Å². The molecule has 5 rings (SSSR count). The normalized spacial score (nSPS) is 14.1. The Balaban J connectivity index is 1.35. The minimum absolute atomic E-state index is 0.137. The van der Waals surface area contributed by atoms with Gasteiger partial charge in [-0.05, 0) is 60.2 Å². The summed E-state index contributed by atoms with van der Waals surface area (Å²) in [6.07, 6.45) is 1.32. The van der Waals surface area contributed by atoms with Crippen LogP contribution in [0.2, 0.25) is 15.1 Å². The number of anilines is 1. The number of hydrogen-bond acceptors (Lipinski definition) is 6. The number of rotatable bonds is 9. The summed E-state index contributed by atoms with van der Waals surface area (Å²) < 4.78 is 17.1. The highest BCUT2D eigenvalue weighted by Crippen LogP contribution is 2.38. The summed E-state index contributed by atoms with van der Waals surface area (Å²) in [5, 5.41) is 3.51. The molecule has 0 aromatic heterocycles. The summed E-state index contributed by atoms with van der Waals surface area (Å²) in [6.45, 7) is 0.372. The van der Waals surface area contributed by atoms with Gasteiger partial charge in [-0.25, -0.2) is 9.69 Å². The van der Waals surface area contributed by atoms with Crippen molar-refractivity contribution in [3.63, 3.8) is 0 Å². The van der Waals surface area contributed by atoms with Crippen molar-refractivity contribution in [2.45, 2.75) is 13.2 Å². The molecule has 4 aromatic rings. The number of carbonyl (C=O) groups excluding carboxylic acids is 3. The van der Waals surface area contributed by atoms with Gasteiger partial charge in [-0.3, -0.25) is 14.9 Å². The van der Waals surface area contributed by atoms with Crippen molar-refractivity contribution in [2.75, 3.05) is 12.0 Å². The minimum Gasteiger partial charge on any atom is -0.493 e. The molecule has 0 radical (unpaired) electrons. The first-order valence-corrected chi connectivity index (χ1v) is 14.0. The van der Waals surface area contributed by atoms with E-state index in [9.17, 15) is 14.4 Å². The quantitative estimate of drug-likeness (QED) is 0.151. The van der Waals surface area contributed by atoms with Crippen molar-refractivity contribution in [1.29, 1.82) is 0 Å². The smallest absolute Gasteiger partial charge is 0.335 e. The Hall–Kier alpha value is -4.50. The van der Waals surface area contributed by atoms with Crippen molar-refractivity contribution < 1.29 is 28.6 Å². The van der Waals surface area contributed by atoms with E-state index in [1.807, 2.05) is 36.4 Å². The molecule has 0 saturated carbocycles. The Kier molecular flexibility index (Phi) is 9.21. The van der Waals surface area contributed by atoms with Crippen molar-refractivity contribution in [3.8, 4) is 17.2 Å². The van der Waals surface area contributed by atoms with E-state index in [1.54, 1.807) is 30.3 Å². The number of hydrogen-bond donors (Lipinski definition) is 1. The SMILES string of the molecule is COc1cc(/C=C2\C(=O)NC(=O)N(c3ccc(OCc4ccccc4Cl)cc3)C2=O)cc(Cl)c1OCc1ccccc1Cl. The van der Waals surface area contributed by atoms with E-state index in [0.717, 1.165) is 16.0 Å². The zero-order valence-corrected chi connectivity index (χ0v) is 24.9. The number of halogens is 3. The van der Waals surface area contributed by atoms with Gasteiger partial charge in [0.2, 0.25) is 0 Å². The van der Waals surface area contributed by atoms with E-state index < -0.39 is 17.8 Å². The maximum Gasteiger partial charge on any atom is 0.335 e. The lowest BCUT2D eigenvalue weighted by molar-refractivity contribution is -0.122. The summed E-state index contributed by atoms with van der Waals surface area (Å²) in [6, 6.07) is 23.0. The zero-order chi connectivity index (χ0) is 30.5. The fraction of sp³-hybridized carbons (Fsp3) is 0.0938. The summed E-state index contributed by atoms with van der Waals surface area (Å²) in [7, 11) is 1.44. The number of methoxy groups -OCH3 is 1. The van der Waals surface area contributed by atoms with E-state index in [4.69, 9.17) is 49.0 Å². The maximum atomic E-state index is 13.4. The zero-order valence-electron chi connectivity index (χ0n) is 22.6. The predicted molar refractivity (Wildman–Crippen MR) is 165 cm³/mol. The Bertz CT molecular complexity index is 1740. The monoisotopic (exact) mass is 636 g/mol. The van der Waals surface area contributed by atoms with Gasteiger partial charge < -0.3 is 14.2 Å². The molecule has 218 valence electrons. The maximum absolute atomic E-state index is 13.4. The van der Waals surface area contributed by atoms with Gasteiger partial charge in [-0.1, -0.05) is 71.2 Å². The third kappa shape index (κ3) is 6.78. The molecule has 1 saturated heterocycles. The van der Waals surface area contributed by atoms with E-state index in [-0.39, 0.29) is 41.0 Å². The first-order chi connectivity index (χ1) is 20.7. The highest BCUT2D eigenvalue weighted by atomic mass is 35.5. The number of nitrogens with one attached hydrogen (secondary N) is 1. The highest BCUT2D eigenvalue weighted by molar-refractivity contribution is 6.39. The van der Waals surface area contributed by atoms with E-state index in [0.29, 0.717) is 21.4 Å².